The zero-order chi connectivity index (χ0) is 13.3. The lowest BCUT2D eigenvalue weighted by Gasteiger charge is -2.13. The molecule has 0 saturated heterocycles. The molecule has 96 valence electrons. The summed E-state index contributed by atoms with van der Waals surface area (Å²) >= 11 is 0. The number of nitrogens with zero attached hydrogens (tertiary/aromatic N) is 1. The molecule has 0 spiro atoms. The standard InChI is InChI=1S/C12H15N3O3/c1-7(13-2)15-11(16)9-6-8(18-3)4-5-10(9)14-12(15)17/h4-7,13H,1-3H3,(H,14,17). The molecule has 2 N–H and O–H groups in total. The fraction of sp³-hybridized carbons (Fsp3) is 0.333. The molecule has 0 radical (unpaired) electrons. The molecule has 0 saturated carbocycles. The molecular formula is C12H15N3O3. The van der Waals surface area contributed by atoms with Gasteiger partial charge in [-0.15, -0.1) is 0 Å². The Bertz CT molecular complexity index is 687. The van der Waals surface area contributed by atoms with Crippen molar-refractivity contribution < 1.29 is 4.74 Å². The summed E-state index contributed by atoms with van der Waals surface area (Å²) < 4.78 is 6.22. The monoisotopic (exact) mass is 249 g/mol. The third-order valence-corrected chi connectivity index (χ3v) is 2.94. The number of nitrogens with one attached hydrogen (secondary N) is 2. The molecule has 0 aliphatic heterocycles. The van der Waals surface area contributed by atoms with Crippen LogP contribution in [0.15, 0.2) is 27.8 Å². The van der Waals surface area contributed by atoms with E-state index in [2.05, 4.69) is 10.3 Å². The molecule has 1 unspecified atom stereocenters. The van der Waals surface area contributed by atoms with Gasteiger partial charge in [0.2, 0.25) is 0 Å². The maximum absolute atomic E-state index is 12.3. The summed E-state index contributed by atoms with van der Waals surface area (Å²) in [7, 11) is 3.22. The van der Waals surface area contributed by atoms with Crippen molar-refractivity contribution in [2.45, 2.75) is 13.1 Å². The molecule has 18 heavy (non-hydrogen) atoms. The second kappa shape index (κ2) is 4.66. The Balaban J connectivity index is 2.82. The molecule has 0 bridgehead atoms. The Morgan fingerprint density at radius 3 is 2.72 bits per heavy atom. The van der Waals surface area contributed by atoms with Crippen molar-refractivity contribution in [1.29, 1.82) is 0 Å². The highest BCUT2D eigenvalue weighted by Gasteiger charge is 2.12. The molecular weight excluding hydrogens is 234 g/mol. The Hall–Kier alpha value is -2.08. The van der Waals surface area contributed by atoms with Gasteiger partial charge in [0.05, 0.1) is 24.2 Å². The Morgan fingerprint density at radius 1 is 1.39 bits per heavy atom. The zero-order valence-corrected chi connectivity index (χ0v) is 10.5. The van der Waals surface area contributed by atoms with Crippen LogP contribution in [0.2, 0.25) is 0 Å². The number of hydrogen-bond acceptors (Lipinski definition) is 4. The average Bonchev–Trinajstić information content (AvgIpc) is 2.38. The molecule has 2 aromatic rings. The minimum absolute atomic E-state index is 0.338. The van der Waals surface area contributed by atoms with Gasteiger partial charge in [-0.3, -0.25) is 4.79 Å². The first-order chi connectivity index (χ1) is 8.58. The van der Waals surface area contributed by atoms with Gasteiger partial charge in [0.15, 0.2) is 0 Å². The van der Waals surface area contributed by atoms with Crippen molar-refractivity contribution in [3.8, 4) is 5.75 Å². The lowest BCUT2D eigenvalue weighted by Crippen LogP contribution is -2.41. The summed E-state index contributed by atoms with van der Waals surface area (Å²) in [6, 6.07) is 4.97. The van der Waals surface area contributed by atoms with Crippen LogP contribution in [0.4, 0.5) is 0 Å². The van der Waals surface area contributed by atoms with Gasteiger partial charge in [-0.2, -0.15) is 0 Å². The van der Waals surface area contributed by atoms with Gasteiger partial charge < -0.3 is 15.0 Å². The fourth-order valence-electron chi connectivity index (χ4n) is 1.81. The third-order valence-electron chi connectivity index (χ3n) is 2.94. The van der Waals surface area contributed by atoms with E-state index in [0.29, 0.717) is 16.7 Å². The number of aromatic nitrogens is 2. The van der Waals surface area contributed by atoms with Crippen LogP contribution in [0, 0.1) is 0 Å². The van der Waals surface area contributed by atoms with Crippen LogP contribution in [0.25, 0.3) is 10.9 Å². The molecule has 6 nitrogen and oxygen atoms in total. The lowest BCUT2D eigenvalue weighted by atomic mass is 10.2. The van der Waals surface area contributed by atoms with Gasteiger partial charge >= 0.3 is 5.69 Å². The predicted molar refractivity (Wildman–Crippen MR) is 69.2 cm³/mol. The number of rotatable bonds is 3. The van der Waals surface area contributed by atoms with Gasteiger partial charge in [-0.05, 0) is 32.2 Å². The van der Waals surface area contributed by atoms with E-state index in [1.54, 1.807) is 32.2 Å². The summed E-state index contributed by atoms with van der Waals surface area (Å²) in [5.74, 6) is 0.579. The van der Waals surface area contributed by atoms with Crippen molar-refractivity contribution in [3.05, 3.63) is 39.0 Å². The fourth-order valence-corrected chi connectivity index (χ4v) is 1.81. The van der Waals surface area contributed by atoms with Crippen molar-refractivity contribution in [3.63, 3.8) is 0 Å². The van der Waals surface area contributed by atoms with Crippen LogP contribution >= 0.6 is 0 Å². The van der Waals surface area contributed by atoms with Crippen LogP contribution in [0.1, 0.15) is 13.1 Å². The summed E-state index contributed by atoms with van der Waals surface area (Å²) in [6.07, 6.45) is -0.378. The Kier molecular flexibility index (Phi) is 3.20. The SMILES string of the molecule is CNC(C)n1c(=O)[nH]c2ccc(OC)cc2c1=O. The number of hydrogen-bond donors (Lipinski definition) is 2. The van der Waals surface area contributed by atoms with Crippen LogP contribution in [0.5, 0.6) is 5.75 Å². The number of ether oxygens (including phenoxy) is 1. The highest BCUT2D eigenvalue weighted by Crippen LogP contribution is 2.15. The Morgan fingerprint density at radius 2 is 2.11 bits per heavy atom. The third kappa shape index (κ3) is 1.91. The molecule has 0 fully saturated rings. The highest BCUT2D eigenvalue weighted by atomic mass is 16.5. The van der Waals surface area contributed by atoms with Gasteiger partial charge in [-0.1, -0.05) is 0 Å². The Labute approximate surface area is 103 Å². The molecule has 1 aromatic carbocycles. The maximum atomic E-state index is 12.3. The molecule has 1 atom stereocenters. The summed E-state index contributed by atoms with van der Waals surface area (Å²) in [6.45, 7) is 1.74. The van der Waals surface area contributed by atoms with Crippen molar-refractivity contribution in [2.75, 3.05) is 14.2 Å². The van der Waals surface area contributed by atoms with Crippen LogP contribution in [-0.4, -0.2) is 23.7 Å². The number of methoxy groups -OCH3 is 1. The largest absolute Gasteiger partial charge is 0.497 e. The molecule has 2 rings (SSSR count). The number of H-pyrrole nitrogens is 1. The van der Waals surface area contributed by atoms with Crippen molar-refractivity contribution in [1.82, 2.24) is 14.9 Å². The van der Waals surface area contributed by atoms with Crippen LogP contribution in [0.3, 0.4) is 0 Å². The second-order valence-electron chi connectivity index (χ2n) is 3.98. The molecule has 6 heteroatoms. The first-order valence-corrected chi connectivity index (χ1v) is 5.58. The van der Waals surface area contributed by atoms with E-state index >= 15 is 0 Å². The summed E-state index contributed by atoms with van der Waals surface area (Å²) in [5, 5.41) is 3.29. The summed E-state index contributed by atoms with van der Waals surface area (Å²) in [5.41, 5.74) is -0.264. The summed E-state index contributed by atoms with van der Waals surface area (Å²) in [4.78, 5) is 26.8. The molecule has 1 aromatic heterocycles. The van der Waals surface area contributed by atoms with E-state index in [-0.39, 0.29) is 11.7 Å². The molecule has 1 heterocycles. The maximum Gasteiger partial charge on any atom is 0.330 e. The first-order valence-electron chi connectivity index (χ1n) is 5.58. The first kappa shape index (κ1) is 12.4. The highest BCUT2D eigenvalue weighted by molar-refractivity contribution is 5.78. The van der Waals surface area contributed by atoms with E-state index < -0.39 is 5.69 Å². The molecule has 0 aliphatic rings. The van der Waals surface area contributed by atoms with Gasteiger partial charge in [0.1, 0.15) is 5.75 Å². The van der Waals surface area contributed by atoms with E-state index in [9.17, 15) is 9.59 Å². The lowest BCUT2D eigenvalue weighted by molar-refractivity contribution is 0.415. The normalized spacial score (nSPS) is 12.6. The predicted octanol–water partition coefficient (Wildman–Crippen LogP) is 0.436. The van der Waals surface area contributed by atoms with E-state index in [0.717, 1.165) is 4.57 Å². The second-order valence-corrected chi connectivity index (χ2v) is 3.98. The van der Waals surface area contributed by atoms with E-state index in [1.807, 2.05) is 0 Å². The van der Waals surface area contributed by atoms with Crippen molar-refractivity contribution in [2.24, 2.45) is 0 Å². The minimum Gasteiger partial charge on any atom is -0.497 e. The van der Waals surface area contributed by atoms with Gasteiger partial charge in [-0.25, -0.2) is 9.36 Å². The van der Waals surface area contributed by atoms with Gasteiger partial charge in [0, 0.05) is 0 Å². The van der Waals surface area contributed by atoms with E-state index in [4.69, 9.17) is 4.74 Å². The number of aromatic amines is 1. The van der Waals surface area contributed by atoms with Gasteiger partial charge in [0.25, 0.3) is 5.56 Å². The zero-order valence-electron chi connectivity index (χ0n) is 10.5. The molecule has 0 aliphatic carbocycles. The van der Waals surface area contributed by atoms with Crippen LogP contribution < -0.4 is 21.3 Å². The number of fused-ring (bicyclic) bond motifs is 1. The smallest absolute Gasteiger partial charge is 0.330 e. The topological polar surface area (TPSA) is 76.1 Å². The molecule has 0 amide bonds. The quantitative estimate of drug-likeness (QED) is 0.827. The average molecular weight is 249 g/mol. The van der Waals surface area contributed by atoms with Crippen molar-refractivity contribution >= 4 is 10.9 Å². The minimum atomic E-state index is -0.431. The number of benzene rings is 1. The van der Waals surface area contributed by atoms with E-state index in [1.165, 1.54) is 7.11 Å². The van der Waals surface area contributed by atoms with Crippen LogP contribution in [-0.2, 0) is 0 Å².